The molecular weight excluding hydrogens is 228 g/mol. The van der Waals surface area contributed by atoms with Crippen LogP contribution in [0.25, 0.3) is 0 Å². The normalized spacial score (nSPS) is 32.8. The van der Waals surface area contributed by atoms with Crippen molar-refractivity contribution in [2.75, 3.05) is 19.7 Å². The van der Waals surface area contributed by atoms with Gasteiger partial charge in [-0.25, -0.2) is 0 Å². The number of carbonyl (C=O) groups excluding carboxylic acids is 1. The number of hydrogen-bond donors (Lipinski definition) is 2. The molecule has 4 nitrogen and oxygen atoms in total. The number of nitrogens with zero attached hydrogens (tertiary/aromatic N) is 1. The van der Waals surface area contributed by atoms with Gasteiger partial charge in [0.05, 0.1) is 0 Å². The highest BCUT2D eigenvalue weighted by atomic mass is 16.3. The molecule has 0 aromatic rings. The predicted molar refractivity (Wildman–Crippen MR) is 70.9 cm³/mol. The Bertz CT molecular complexity index is 283. The van der Waals surface area contributed by atoms with Crippen molar-refractivity contribution in [2.45, 2.75) is 51.0 Å². The van der Waals surface area contributed by atoms with Crippen LogP contribution in [-0.4, -0.2) is 41.7 Å². The van der Waals surface area contributed by atoms with Gasteiger partial charge in [-0.15, -0.1) is 0 Å². The van der Waals surface area contributed by atoms with Crippen LogP contribution < -0.4 is 5.73 Å². The molecule has 1 saturated heterocycles. The zero-order valence-electron chi connectivity index (χ0n) is 11.2. The van der Waals surface area contributed by atoms with Crippen molar-refractivity contribution >= 4 is 5.91 Å². The minimum atomic E-state index is 0.210. The van der Waals surface area contributed by atoms with E-state index in [1.807, 2.05) is 4.90 Å². The number of carbonyl (C=O) groups is 1. The maximum absolute atomic E-state index is 12.0. The molecule has 0 bridgehead atoms. The Morgan fingerprint density at radius 2 is 2.11 bits per heavy atom. The summed E-state index contributed by atoms with van der Waals surface area (Å²) in [6.07, 6.45) is 7.30. The molecule has 0 radical (unpaired) electrons. The highest BCUT2D eigenvalue weighted by Crippen LogP contribution is 2.27. The molecule has 0 aromatic carbocycles. The van der Waals surface area contributed by atoms with E-state index in [1.54, 1.807) is 0 Å². The second-order valence-corrected chi connectivity index (χ2v) is 6.01. The molecule has 2 fully saturated rings. The van der Waals surface area contributed by atoms with Gasteiger partial charge in [-0.05, 0) is 31.6 Å². The molecular formula is C14H26N2O2. The molecule has 1 aliphatic carbocycles. The first-order valence-corrected chi connectivity index (χ1v) is 7.33. The summed E-state index contributed by atoms with van der Waals surface area (Å²) in [4.78, 5) is 14.0. The Morgan fingerprint density at radius 3 is 2.78 bits per heavy atom. The topological polar surface area (TPSA) is 66.6 Å². The third-order valence-corrected chi connectivity index (χ3v) is 4.49. The van der Waals surface area contributed by atoms with Gasteiger partial charge < -0.3 is 15.7 Å². The maximum atomic E-state index is 12.0. The lowest BCUT2D eigenvalue weighted by atomic mass is 9.83. The van der Waals surface area contributed by atoms with E-state index in [1.165, 1.54) is 12.8 Å². The first kappa shape index (κ1) is 13.8. The van der Waals surface area contributed by atoms with Crippen LogP contribution >= 0.6 is 0 Å². The van der Waals surface area contributed by atoms with Crippen LogP contribution in [0.5, 0.6) is 0 Å². The van der Waals surface area contributed by atoms with Gasteiger partial charge in [0, 0.05) is 38.1 Å². The summed E-state index contributed by atoms with van der Waals surface area (Å²) in [5, 5.41) is 9.08. The lowest BCUT2D eigenvalue weighted by Crippen LogP contribution is -2.31. The second kappa shape index (κ2) is 6.53. The van der Waals surface area contributed by atoms with Crippen molar-refractivity contribution in [3.05, 3.63) is 0 Å². The van der Waals surface area contributed by atoms with Crippen LogP contribution in [0.4, 0.5) is 0 Å². The Balaban J connectivity index is 1.68. The Labute approximate surface area is 110 Å². The number of nitrogens with two attached hydrogens (primary N) is 1. The molecule has 1 heterocycles. The van der Waals surface area contributed by atoms with Gasteiger partial charge in [0.1, 0.15) is 0 Å². The molecule has 2 aliphatic rings. The predicted octanol–water partition coefficient (Wildman–Crippen LogP) is 1.12. The fourth-order valence-corrected chi connectivity index (χ4v) is 3.29. The third kappa shape index (κ3) is 3.69. The van der Waals surface area contributed by atoms with E-state index >= 15 is 0 Å². The summed E-state index contributed by atoms with van der Waals surface area (Å²) >= 11 is 0. The van der Waals surface area contributed by atoms with Gasteiger partial charge in [0.2, 0.25) is 5.91 Å². The molecule has 1 amide bonds. The van der Waals surface area contributed by atoms with Crippen LogP contribution in [0, 0.1) is 11.8 Å². The average Bonchev–Trinajstić information content (AvgIpc) is 2.85. The van der Waals surface area contributed by atoms with E-state index in [-0.39, 0.29) is 12.5 Å². The summed E-state index contributed by atoms with van der Waals surface area (Å²) in [6.45, 7) is 1.79. The minimum absolute atomic E-state index is 0.210. The number of aliphatic hydroxyl groups is 1. The molecule has 104 valence electrons. The SMILES string of the molecule is NC1CCCC(CCC(=O)N2CCC(CO)C2)C1. The molecule has 0 spiro atoms. The molecule has 3 N–H and O–H groups in total. The van der Waals surface area contributed by atoms with E-state index in [4.69, 9.17) is 10.8 Å². The third-order valence-electron chi connectivity index (χ3n) is 4.49. The quantitative estimate of drug-likeness (QED) is 0.790. The van der Waals surface area contributed by atoms with E-state index in [0.29, 0.717) is 24.3 Å². The van der Waals surface area contributed by atoms with E-state index in [2.05, 4.69) is 0 Å². The Hall–Kier alpha value is -0.610. The molecule has 0 aromatic heterocycles. The standard InChI is InChI=1S/C14H26N2O2/c15-13-3-1-2-11(8-13)4-5-14(18)16-7-6-12(9-16)10-17/h11-13,17H,1-10,15H2. The van der Waals surface area contributed by atoms with Crippen molar-refractivity contribution < 1.29 is 9.90 Å². The van der Waals surface area contributed by atoms with Gasteiger partial charge in [-0.3, -0.25) is 4.79 Å². The summed E-state index contributed by atoms with van der Waals surface area (Å²) < 4.78 is 0. The molecule has 3 atom stereocenters. The monoisotopic (exact) mass is 254 g/mol. The number of rotatable bonds is 4. The van der Waals surface area contributed by atoms with Crippen molar-refractivity contribution in [2.24, 2.45) is 17.6 Å². The number of aliphatic hydroxyl groups excluding tert-OH is 1. The largest absolute Gasteiger partial charge is 0.396 e. The first-order valence-electron chi connectivity index (χ1n) is 7.33. The summed E-state index contributed by atoms with van der Waals surface area (Å²) in [5.41, 5.74) is 5.97. The van der Waals surface area contributed by atoms with E-state index < -0.39 is 0 Å². The maximum Gasteiger partial charge on any atom is 0.222 e. The lowest BCUT2D eigenvalue weighted by Gasteiger charge is -2.27. The molecule has 1 aliphatic heterocycles. The highest BCUT2D eigenvalue weighted by Gasteiger charge is 2.26. The van der Waals surface area contributed by atoms with E-state index in [9.17, 15) is 4.79 Å². The fraction of sp³-hybridized carbons (Fsp3) is 0.929. The Morgan fingerprint density at radius 1 is 1.28 bits per heavy atom. The van der Waals surface area contributed by atoms with Crippen molar-refractivity contribution in [3.63, 3.8) is 0 Å². The van der Waals surface area contributed by atoms with Crippen LogP contribution in [0.3, 0.4) is 0 Å². The number of hydrogen-bond acceptors (Lipinski definition) is 3. The Kier molecular flexibility index (Phi) is 5.01. The van der Waals surface area contributed by atoms with Gasteiger partial charge in [0.25, 0.3) is 0 Å². The molecule has 18 heavy (non-hydrogen) atoms. The average molecular weight is 254 g/mol. The summed E-state index contributed by atoms with van der Waals surface area (Å²) in [7, 11) is 0. The molecule has 2 rings (SSSR count). The fourth-order valence-electron chi connectivity index (χ4n) is 3.29. The van der Waals surface area contributed by atoms with Crippen LogP contribution in [-0.2, 0) is 4.79 Å². The minimum Gasteiger partial charge on any atom is -0.396 e. The second-order valence-electron chi connectivity index (χ2n) is 6.01. The van der Waals surface area contributed by atoms with Gasteiger partial charge in [-0.2, -0.15) is 0 Å². The molecule has 4 heteroatoms. The van der Waals surface area contributed by atoms with Crippen molar-refractivity contribution in [1.82, 2.24) is 4.90 Å². The number of amides is 1. The van der Waals surface area contributed by atoms with Gasteiger partial charge >= 0.3 is 0 Å². The lowest BCUT2D eigenvalue weighted by molar-refractivity contribution is -0.130. The number of likely N-dealkylation sites (tertiary alicyclic amines) is 1. The van der Waals surface area contributed by atoms with Gasteiger partial charge in [-0.1, -0.05) is 12.8 Å². The zero-order valence-corrected chi connectivity index (χ0v) is 11.2. The summed E-state index contributed by atoms with van der Waals surface area (Å²) in [6, 6.07) is 0.351. The van der Waals surface area contributed by atoms with Crippen LogP contribution in [0.1, 0.15) is 44.9 Å². The first-order chi connectivity index (χ1) is 8.69. The highest BCUT2D eigenvalue weighted by molar-refractivity contribution is 5.76. The van der Waals surface area contributed by atoms with Crippen molar-refractivity contribution in [3.8, 4) is 0 Å². The smallest absolute Gasteiger partial charge is 0.222 e. The van der Waals surface area contributed by atoms with Crippen LogP contribution in [0.15, 0.2) is 0 Å². The summed E-state index contributed by atoms with van der Waals surface area (Å²) in [5.74, 6) is 1.22. The van der Waals surface area contributed by atoms with Crippen molar-refractivity contribution in [1.29, 1.82) is 0 Å². The van der Waals surface area contributed by atoms with Gasteiger partial charge in [0.15, 0.2) is 0 Å². The molecule has 1 saturated carbocycles. The van der Waals surface area contributed by atoms with E-state index in [0.717, 1.165) is 38.8 Å². The van der Waals surface area contributed by atoms with Crippen LogP contribution in [0.2, 0.25) is 0 Å². The zero-order chi connectivity index (χ0) is 13.0. The molecule has 3 unspecified atom stereocenters.